The van der Waals surface area contributed by atoms with Crippen molar-refractivity contribution in [3.8, 4) is 0 Å². The van der Waals surface area contributed by atoms with Crippen molar-refractivity contribution in [1.82, 2.24) is 9.55 Å². The van der Waals surface area contributed by atoms with Gasteiger partial charge in [-0.1, -0.05) is 17.7 Å². The third kappa shape index (κ3) is 2.32. The van der Waals surface area contributed by atoms with E-state index in [-0.39, 0.29) is 5.54 Å². The van der Waals surface area contributed by atoms with E-state index in [1.807, 2.05) is 18.2 Å². The van der Waals surface area contributed by atoms with Crippen LogP contribution in [0.2, 0.25) is 5.02 Å². The Morgan fingerprint density at radius 3 is 3.00 bits per heavy atom. The molecule has 20 heavy (non-hydrogen) atoms. The monoisotopic (exact) mass is 312 g/mol. The number of aryl methyl sites for hydroxylation is 1. The molecular formula is C15H18Cl2N2O. The van der Waals surface area contributed by atoms with Gasteiger partial charge in [-0.15, -0.1) is 11.6 Å². The smallest absolute Gasteiger partial charge is 0.111 e. The maximum atomic E-state index is 6.42. The quantitative estimate of drug-likeness (QED) is 0.801. The molecule has 0 saturated carbocycles. The Morgan fingerprint density at radius 1 is 1.45 bits per heavy atom. The second-order valence-corrected chi connectivity index (χ2v) is 6.35. The molecular weight excluding hydrogens is 295 g/mol. The first-order valence-electron chi connectivity index (χ1n) is 6.96. The van der Waals surface area contributed by atoms with Crippen LogP contribution in [0.25, 0.3) is 11.0 Å². The van der Waals surface area contributed by atoms with Gasteiger partial charge < -0.3 is 9.30 Å². The fourth-order valence-corrected chi connectivity index (χ4v) is 3.49. The van der Waals surface area contributed by atoms with Gasteiger partial charge in [-0.25, -0.2) is 4.98 Å². The number of hydrogen-bond acceptors (Lipinski definition) is 2. The number of imidazole rings is 1. The molecule has 0 N–H and O–H groups in total. The van der Waals surface area contributed by atoms with Gasteiger partial charge in [0.15, 0.2) is 0 Å². The van der Waals surface area contributed by atoms with Gasteiger partial charge >= 0.3 is 0 Å². The Kier molecular flexibility index (Phi) is 3.93. The van der Waals surface area contributed by atoms with Crippen molar-refractivity contribution in [2.45, 2.75) is 31.7 Å². The molecule has 0 aliphatic carbocycles. The van der Waals surface area contributed by atoms with Gasteiger partial charge in [0.25, 0.3) is 0 Å². The van der Waals surface area contributed by atoms with Crippen LogP contribution >= 0.6 is 23.2 Å². The van der Waals surface area contributed by atoms with Crippen LogP contribution in [0.1, 0.15) is 25.6 Å². The number of ether oxygens (including phenoxy) is 1. The minimum Gasteiger partial charge on any atom is -0.379 e. The standard InChI is InChI=1S/C15H18Cl2N2O/c1-15(7-3-9-20-10-15)19-13(6-8-16)18-12-5-2-4-11(17)14(12)19/h2,4-5H,3,6-10H2,1H3. The van der Waals surface area contributed by atoms with E-state index in [9.17, 15) is 0 Å². The number of para-hydroxylation sites is 1. The lowest BCUT2D eigenvalue weighted by Gasteiger charge is -2.36. The molecule has 1 unspecified atom stereocenters. The highest BCUT2D eigenvalue weighted by atomic mass is 35.5. The SMILES string of the molecule is CC1(n2c(CCCl)nc3cccc(Cl)c32)CCCOC1. The van der Waals surface area contributed by atoms with Crippen LogP contribution in [0.3, 0.4) is 0 Å². The molecule has 0 spiro atoms. The Hall–Kier alpha value is -0.770. The van der Waals surface area contributed by atoms with Gasteiger partial charge in [0.05, 0.1) is 28.2 Å². The molecule has 2 aromatic rings. The Bertz CT molecular complexity index is 618. The number of rotatable bonds is 3. The zero-order chi connectivity index (χ0) is 14.2. The number of hydrogen-bond donors (Lipinski definition) is 0. The molecule has 1 aromatic carbocycles. The molecule has 1 atom stereocenters. The Balaban J connectivity index is 2.22. The highest BCUT2D eigenvalue weighted by Gasteiger charge is 2.33. The molecule has 5 heteroatoms. The van der Waals surface area contributed by atoms with Crippen molar-refractivity contribution in [2.24, 2.45) is 0 Å². The van der Waals surface area contributed by atoms with Crippen LogP contribution in [-0.2, 0) is 16.7 Å². The highest BCUT2D eigenvalue weighted by molar-refractivity contribution is 6.35. The molecule has 0 bridgehead atoms. The predicted octanol–water partition coefficient (Wildman–Crippen LogP) is 4.00. The summed E-state index contributed by atoms with van der Waals surface area (Å²) in [6, 6.07) is 5.86. The predicted molar refractivity (Wildman–Crippen MR) is 82.9 cm³/mol. The van der Waals surface area contributed by atoms with E-state index in [4.69, 9.17) is 32.9 Å². The maximum Gasteiger partial charge on any atom is 0.111 e. The van der Waals surface area contributed by atoms with Gasteiger partial charge in [0.2, 0.25) is 0 Å². The van der Waals surface area contributed by atoms with Gasteiger partial charge in [-0.3, -0.25) is 0 Å². The number of alkyl halides is 1. The lowest BCUT2D eigenvalue weighted by Crippen LogP contribution is -2.40. The Labute approximate surface area is 128 Å². The summed E-state index contributed by atoms with van der Waals surface area (Å²) in [6.07, 6.45) is 2.86. The average molecular weight is 313 g/mol. The second kappa shape index (κ2) is 5.55. The van der Waals surface area contributed by atoms with E-state index in [2.05, 4.69) is 11.5 Å². The molecule has 1 aliphatic heterocycles. The number of aromatic nitrogens is 2. The summed E-state index contributed by atoms with van der Waals surface area (Å²) in [4.78, 5) is 4.72. The molecule has 0 radical (unpaired) electrons. The molecule has 108 valence electrons. The highest BCUT2D eigenvalue weighted by Crippen LogP contribution is 2.35. The van der Waals surface area contributed by atoms with Crippen molar-refractivity contribution in [2.75, 3.05) is 19.1 Å². The zero-order valence-corrected chi connectivity index (χ0v) is 13.0. The molecule has 1 aromatic heterocycles. The zero-order valence-electron chi connectivity index (χ0n) is 11.5. The molecule has 0 amide bonds. The summed E-state index contributed by atoms with van der Waals surface area (Å²) in [7, 11) is 0. The minimum atomic E-state index is -0.0978. The van der Waals surface area contributed by atoms with Gasteiger partial charge in [0.1, 0.15) is 5.82 Å². The minimum absolute atomic E-state index is 0.0978. The van der Waals surface area contributed by atoms with E-state index in [1.54, 1.807) is 0 Å². The summed E-state index contributed by atoms with van der Waals surface area (Å²) in [5.74, 6) is 1.55. The summed E-state index contributed by atoms with van der Waals surface area (Å²) in [5, 5.41) is 0.739. The number of halogens is 2. The van der Waals surface area contributed by atoms with Gasteiger partial charge in [-0.2, -0.15) is 0 Å². The van der Waals surface area contributed by atoms with E-state index < -0.39 is 0 Å². The largest absolute Gasteiger partial charge is 0.379 e. The van der Waals surface area contributed by atoms with Crippen LogP contribution in [0, 0.1) is 0 Å². The summed E-state index contributed by atoms with van der Waals surface area (Å²) in [6.45, 7) is 3.74. The molecule has 1 fully saturated rings. The number of fused-ring (bicyclic) bond motifs is 1. The number of benzene rings is 1. The molecule has 1 aliphatic rings. The second-order valence-electron chi connectivity index (χ2n) is 5.56. The van der Waals surface area contributed by atoms with E-state index in [1.165, 1.54) is 0 Å². The first kappa shape index (κ1) is 14.2. The normalized spacial score (nSPS) is 23.4. The fraction of sp³-hybridized carbons (Fsp3) is 0.533. The summed E-state index contributed by atoms with van der Waals surface area (Å²) in [5.41, 5.74) is 1.84. The lowest BCUT2D eigenvalue weighted by atomic mass is 9.94. The van der Waals surface area contributed by atoms with E-state index in [0.717, 1.165) is 47.7 Å². The lowest BCUT2D eigenvalue weighted by molar-refractivity contribution is 0.0102. The molecule has 2 heterocycles. The average Bonchev–Trinajstić information content (AvgIpc) is 2.80. The van der Waals surface area contributed by atoms with E-state index >= 15 is 0 Å². The van der Waals surface area contributed by atoms with Crippen LogP contribution in [0.4, 0.5) is 0 Å². The van der Waals surface area contributed by atoms with Crippen LogP contribution in [0.15, 0.2) is 18.2 Å². The summed E-state index contributed by atoms with van der Waals surface area (Å²) < 4.78 is 7.96. The molecule has 3 nitrogen and oxygen atoms in total. The summed E-state index contributed by atoms with van der Waals surface area (Å²) >= 11 is 12.4. The maximum absolute atomic E-state index is 6.42. The van der Waals surface area contributed by atoms with Crippen molar-refractivity contribution in [3.63, 3.8) is 0 Å². The van der Waals surface area contributed by atoms with Crippen LogP contribution in [-0.4, -0.2) is 28.6 Å². The molecule has 1 saturated heterocycles. The number of nitrogens with zero attached hydrogens (tertiary/aromatic N) is 2. The van der Waals surface area contributed by atoms with E-state index in [0.29, 0.717) is 12.5 Å². The first-order valence-corrected chi connectivity index (χ1v) is 7.87. The fourth-order valence-electron chi connectivity index (χ4n) is 3.06. The Morgan fingerprint density at radius 2 is 2.30 bits per heavy atom. The van der Waals surface area contributed by atoms with Gasteiger partial charge in [-0.05, 0) is 31.9 Å². The third-order valence-electron chi connectivity index (χ3n) is 3.97. The van der Waals surface area contributed by atoms with Crippen molar-refractivity contribution in [1.29, 1.82) is 0 Å². The van der Waals surface area contributed by atoms with Crippen LogP contribution in [0.5, 0.6) is 0 Å². The van der Waals surface area contributed by atoms with Gasteiger partial charge in [0, 0.05) is 18.9 Å². The van der Waals surface area contributed by atoms with Crippen molar-refractivity contribution < 1.29 is 4.74 Å². The third-order valence-corrected chi connectivity index (χ3v) is 4.47. The molecule has 3 rings (SSSR count). The first-order chi connectivity index (χ1) is 9.65. The topological polar surface area (TPSA) is 27.1 Å². The van der Waals surface area contributed by atoms with Crippen LogP contribution < -0.4 is 0 Å². The van der Waals surface area contributed by atoms with Crippen molar-refractivity contribution in [3.05, 3.63) is 29.0 Å². The van der Waals surface area contributed by atoms with Crippen molar-refractivity contribution >= 4 is 34.2 Å².